The van der Waals surface area contributed by atoms with Crippen LogP contribution in [0.15, 0.2) is 0 Å². The molecule has 0 rings (SSSR count). The zero-order valence-corrected chi connectivity index (χ0v) is 5.82. The van der Waals surface area contributed by atoms with Gasteiger partial charge in [0.2, 0.25) is 0 Å². The molecule has 0 N–H and O–H groups in total. The topological polar surface area (TPSA) is 47.6 Å². The summed E-state index contributed by atoms with van der Waals surface area (Å²) in [5.74, 6) is 0. The van der Waals surface area contributed by atoms with Crippen LogP contribution in [0.5, 0.6) is 0 Å². The van der Waals surface area contributed by atoms with Crippen molar-refractivity contribution in [2.45, 2.75) is 0 Å². The van der Waals surface area contributed by atoms with Gasteiger partial charge in [-0.05, 0) is 0 Å². The maximum absolute atomic E-state index is 6.25. The fraction of sp³-hybridized carbons (Fsp3) is 0. The minimum atomic E-state index is 0. The van der Waals surface area contributed by atoms with E-state index in [0.29, 0.717) is 0 Å². The van der Waals surface area contributed by atoms with Crippen molar-refractivity contribution in [2.75, 3.05) is 0 Å². The third kappa shape index (κ3) is 774. The Morgan fingerprint density at radius 1 is 0.833 bits per heavy atom. The van der Waals surface area contributed by atoms with Crippen molar-refractivity contribution in [1.29, 1.82) is 10.5 Å². The molecule has 2 nitrogen and oxygen atoms in total. The van der Waals surface area contributed by atoms with Gasteiger partial charge in [0.15, 0.2) is 0 Å². The Kier molecular flexibility index (Phi) is 9330. The van der Waals surface area contributed by atoms with Crippen LogP contribution in [0.25, 0.3) is 0 Å². The summed E-state index contributed by atoms with van der Waals surface area (Å²) in [6.45, 7) is 9.50. The molecule has 0 aromatic heterocycles. The van der Waals surface area contributed by atoms with Crippen LogP contribution < -0.4 is 0 Å². The number of rotatable bonds is 0. The number of nitrogens with zero attached hydrogens (tertiary/aromatic N) is 2. The summed E-state index contributed by atoms with van der Waals surface area (Å²) < 4.78 is 0. The summed E-state index contributed by atoms with van der Waals surface area (Å²) in [6, 6.07) is 0. The summed E-state index contributed by atoms with van der Waals surface area (Å²) >= 11 is 0. The van der Waals surface area contributed by atoms with E-state index in [4.69, 9.17) is 23.7 Å². The molecule has 6 heavy (non-hydrogen) atoms. The summed E-state index contributed by atoms with van der Waals surface area (Å²) in [6.07, 6.45) is 0. The second kappa shape index (κ2) is 1640. The van der Waals surface area contributed by atoms with Gasteiger partial charge in [0.25, 0.3) is 0 Å². The molecule has 0 aromatic carbocycles. The third-order valence-corrected chi connectivity index (χ3v) is 0. The molecule has 0 fully saturated rings. The number of hydrogen-bond acceptors (Lipinski definition) is 2. The molecule has 0 amide bonds. The zero-order valence-electron chi connectivity index (χ0n) is 2.55. The molecule has 0 saturated heterocycles. The zero-order chi connectivity index (χ0) is 4.00. The predicted molar refractivity (Wildman–Crippen MR) is 9.94 cm³/mol. The molecule has 1 radical (unpaired) electrons. The SMILES string of the molecule is [Au].[C-]#N.[C-]#N.[Fe+2]. The maximum atomic E-state index is 6.25. The van der Waals surface area contributed by atoms with Crippen LogP contribution >= 0.6 is 0 Å². The van der Waals surface area contributed by atoms with Gasteiger partial charge in [-0.3, -0.25) is 0 Å². The van der Waals surface area contributed by atoms with Crippen LogP contribution in [-0.2, 0) is 39.4 Å². The fourth-order valence-electron chi connectivity index (χ4n) is 0. The second-order valence-corrected chi connectivity index (χ2v) is 0. The van der Waals surface area contributed by atoms with E-state index in [1.807, 2.05) is 0 Å². The van der Waals surface area contributed by atoms with Crippen molar-refractivity contribution in [3.05, 3.63) is 13.1 Å². The molecule has 0 aliphatic rings. The molecule has 4 heteroatoms. The van der Waals surface area contributed by atoms with E-state index < -0.39 is 0 Å². The van der Waals surface area contributed by atoms with Gasteiger partial charge in [0.1, 0.15) is 0 Å². The van der Waals surface area contributed by atoms with Crippen LogP contribution in [-0.4, -0.2) is 0 Å². The monoisotopic (exact) mass is 305 g/mol. The van der Waals surface area contributed by atoms with Gasteiger partial charge >= 0.3 is 17.1 Å². The number of hydrogen-bond donors (Lipinski definition) is 0. The first kappa shape index (κ1) is 34.2. The van der Waals surface area contributed by atoms with Crippen molar-refractivity contribution in [1.82, 2.24) is 0 Å². The Bertz CT molecular complexity index is 27.0. The minimum Gasteiger partial charge on any atom is -0.512 e. The molecule has 0 bridgehead atoms. The van der Waals surface area contributed by atoms with Crippen LogP contribution in [0.2, 0.25) is 0 Å². The molecular formula is C2AuFeN2. The van der Waals surface area contributed by atoms with E-state index in [0.717, 1.165) is 0 Å². The van der Waals surface area contributed by atoms with Crippen molar-refractivity contribution in [3.8, 4) is 0 Å². The predicted octanol–water partition coefficient (Wildman–Crippen LogP) is 0.188. The normalized spacial score (nSPS) is 0.667. The minimum absolute atomic E-state index is 0. The Morgan fingerprint density at radius 3 is 0.833 bits per heavy atom. The van der Waals surface area contributed by atoms with Crippen LogP contribution in [0, 0.1) is 23.7 Å². The van der Waals surface area contributed by atoms with Crippen molar-refractivity contribution in [3.63, 3.8) is 0 Å². The van der Waals surface area contributed by atoms with Gasteiger partial charge in [0.05, 0.1) is 0 Å². The first-order valence-corrected chi connectivity index (χ1v) is 0.447. The first-order valence-electron chi connectivity index (χ1n) is 0.447. The first-order chi connectivity index (χ1) is 2.00. The van der Waals surface area contributed by atoms with Gasteiger partial charge in [-0.25, -0.2) is 0 Å². The molecule has 0 atom stereocenters. The van der Waals surface area contributed by atoms with E-state index in [1.165, 1.54) is 0 Å². The molecule has 0 aromatic rings. The molecule has 0 heterocycles. The molecule has 0 aliphatic heterocycles. The standard InChI is InChI=1S/2CN.Au.Fe/c2*1-2;;/q2*-1;;+2. The van der Waals surface area contributed by atoms with Crippen LogP contribution in [0.4, 0.5) is 0 Å². The van der Waals surface area contributed by atoms with Crippen LogP contribution in [0.3, 0.4) is 0 Å². The Balaban J connectivity index is -0.00000000500. The molecular weight excluding hydrogens is 305 g/mol. The Morgan fingerprint density at radius 2 is 0.833 bits per heavy atom. The summed E-state index contributed by atoms with van der Waals surface area (Å²) in [5, 5.41) is 12.5. The van der Waals surface area contributed by atoms with Gasteiger partial charge in [-0.1, -0.05) is 0 Å². The van der Waals surface area contributed by atoms with Crippen molar-refractivity contribution in [2.24, 2.45) is 0 Å². The molecule has 37 valence electrons. The van der Waals surface area contributed by atoms with Gasteiger partial charge in [0, 0.05) is 22.4 Å². The molecule has 0 aliphatic carbocycles. The van der Waals surface area contributed by atoms with Crippen LogP contribution in [0.1, 0.15) is 0 Å². The summed E-state index contributed by atoms with van der Waals surface area (Å²) in [4.78, 5) is 0. The second-order valence-electron chi connectivity index (χ2n) is 0. The fourth-order valence-corrected chi connectivity index (χ4v) is 0. The van der Waals surface area contributed by atoms with E-state index in [1.54, 1.807) is 0 Å². The average Bonchev–Trinajstić information content (AvgIpc) is 1.50. The Hall–Kier alpha value is 0.240. The molecule has 0 spiro atoms. The van der Waals surface area contributed by atoms with E-state index >= 15 is 0 Å². The summed E-state index contributed by atoms with van der Waals surface area (Å²) in [7, 11) is 0. The average molecular weight is 305 g/mol. The quantitative estimate of drug-likeness (QED) is 0.474. The van der Waals surface area contributed by atoms with Gasteiger partial charge in [-0.2, -0.15) is 0 Å². The van der Waals surface area contributed by atoms with Crippen molar-refractivity contribution >= 4 is 0 Å². The van der Waals surface area contributed by atoms with Gasteiger partial charge in [-0.15, -0.1) is 0 Å². The molecule has 0 saturated carbocycles. The summed E-state index contributed by atoms with van der Waals surface area (Å²) in [5.41, 5.74) is 0. The van der Waals surface area contributed by atoms with E-state index in [9.17, 15) is 0 Å². The Labute approximate surface area is 63.1 Å². The van der Waals surface area contributed by atoms with E-state index in [2.05, 4.69) is 0 Å². The van der Waals surface area contributed by atoms with Crippen molar-refractivity contribution < 1.29 is 39.4 Å². The smallest absolute Gasteiger partial charge is 0.512 e. The largest absolute Gasteiger partial charge is 2.00 e. The maximum Gasteiger partial charge on any atom is 2.00 e. The van der Waals surface area contributed by atoms with Gasteiger partial charge < -0.3 is 23.7 Å². The third-order valence-electron chi connectivity index (χ3n) is 0. The van der Waals surface area contributed by atoms with E-state index in [-0.39, 0.29) is 39.4 Å². The molecule has 0 unspecified atom stereocenters.